The number of fused-ring (bicyclic) bond motifs is 11. The minimum absolute atomic E-state index is 0.861. The van der Waals surface area contributed by atoms with Crippen LogP contribution in [0.15, 0.2) is 185 Å². The van der Waals surface area contributed by atoms with Gasteiger partial charge in [-0.3, -0.25) is 0 Å². The van der Waals surface area contributed by atoms with Crippen molar-refractivity contribution < 1.29 is 8.83 Å². The van der Waals surface area contributed by atoms with E-state index in [1.807, 2.05) is 6.07 Å². The highest BCUT2D eigenvalue weighted by Crippen LogP contribution is 2.46. The number of furan rings is 2. The lowest BCUT2D eigenvalue weighted by atomic mass is 9.97. The SMILES string of the molecule is C1=Cc2c(n(-c3cccc(N(c4cccc(-c5cccc6oc7c8ccccc8ccc7c56)c4)c4cccc5oc6ccccc6c45)c3)c3ccccc23)CC1. The van der Waals surface area contributed by atoms with Crippen LogP contribution in [0.3, 0.4) is 0 Å². The summed E-state index contributed by atoms with van der Waals surface area (Å²) in [4.78, 5) is 2.40. The van der Waals surface area contributed by atoms with Crippen molar-refractivity contribution in [2.75, 3.05) is 4.90 Å². The maximum absolute atomic E-state index is 6.62. The maximum Gasteiger partial charge on any atom is 0.143 e. The number of hydrogen-bond acceptors (Lipinski definition) is 3. The smallest absolute Gasteiger partial charge is 0.143 e. The molecule has 3 aromatic heterocycles. The Hall–Kier alpha value is -7.30. The molecular formula is C52H34N2O2. The van der Waals surface area contributed by atoms with E-state index in [0.29, 0.717) is 0 Å². The van der Waals surface area contributed by atoms with Gasteiger partial charge in [-0.1, -0.05) is 115 Å². The van der Waals surface area contributed by atoms with E-state index in [1.165, 1.54) is 27.5 Å². The van der Waals surface area contributed by atoms with Gasteiger partial charge in [0.25, 0.3) is 0 Å². The Morgan fingerprint density at radius 1 is 0.518 bits per heavy atom. The van der Waals surface area contributed by atoms with Crippen LogP contribution in [-0.4, -0.2) is 4.57 Å². The molecule has 3 heterocycles. The number of anilines is 3. The van der Waals surface area contributed by atoms with Gasteiger partial charge in [-0.25, -0.2) is 0 Å². The molecule has 0 N–H and O–H groups in total. The van der Waals surface area contributed by atoms with E-state index in [-0.39, 0.29) is 0 Å². The Bertz CT molecular complexity index is 3390. The van der Waals surface area contributed by atoms with Crippen molar-refractivity contribution in [3.8, 4) is 16.8 Å². The van der Waals surface area contributed by atoms with Gasteiger partial charge in [0.15, 0.2) is 0 Å². The molecule has 4 heteroatoms. The van der Waals surface area contributed by atoms with Crippen molar-refractivity contribution in [3.05, 3.63) is 187 Å². The fraction of sp³-hybridized carbons (Fsp3) is 0.0385. The Labute approximate surface area is 322 Å². The van der Waals surface area contributed by atoms with Crippen LogP contribution >= 0.6 is 0 Å². The number of aromatic nitrogens is 1. The first-order chi connectivity index (χ1) is 27.8. The van der Waals surface area contributed by atoms with Crippen LogP contribution in [-0.2, 0) is 6.42 Å². The van der Waals surface area contributed by atoms with Crippen LogP contribution in [0.5, 0.6) is 0 Å². The first kappa shape index (κ1) is 31.1. The van der Waals surface area contributed by atoms with Crippen LogP contribution in [0.4, 0.5) is 17.1 Å². The standard InChI is InChI=1S/C52H34N2O2/c1-2-18-39-33(13-1)29-30-43-50-38(22-11-27-48(50)56-52(39)43)34-14-9-15-35(31-34)53(46-25-12-28-49-51(46)42-21-5-8-26-47(42)55-49)36-16-10-17-37(32-36)54-44-23-6-3-19-40(44)41-20-4-7-24-45(41)54/h1-6,8-23,25-32H,7,24H2. The zero-order valence-electron chi connectivity index (χ0n) is 30.4. The highest BCUT2D eigenvalue weighted by Gasteiger charge is 2.23. The molecule has 0 radical (unpaired) electrons. The minimum atomic E-state index is 0.861. The Morgan fingerprint density at radius 3 is 2.18 bits per heavy atom. The highest BCUT2D eigenvalue weighted by atomic mass is 16.3. The molecule has 0 fully saturated rings. The van der Waals surface area contributed by atoms with Crippen LogP contribution in [0.25, 0.3) is 88.4 Å². The van der Waals surface area contributed by atoms with Crippen molar-refractivity contribution >= 4 is 88.7 Å². The second-order valence-corrected chi connectivity index (χ2v) is 14.8. The molecule has 11 aromatic rings. The van der Waals surface area contributed by atoms with Crippen molar-refractivity contribution in [1.29, 1.82) is 0 Å². The third-order valence-corrected chi connectivity index (χ3v) is 11.6. The summed E-state index contributed by atoms with van der Waals surface area (Å²) in [5.41, 5.74) is 14.0. The van der Waals surface area contributed by atoms with Gasteiger partial charge in [0.2, 0.25) is 0 Å². The number of benzene rings is 8. The summed E-state index contributed by atoms with van der Waals surface area (Å²) in [5.74, 6) is 0. The number of rotatable bonds is 5. The van der Waals surface area contributed by atoms with Gasteiger partial charge >= 0.3 is 0 Å². The lowest BCUT2D eigenvalue weighted by Crippen LogP contribution is -2.11. The molecule has 0 saturated heterocycles. The van der Waals surface area contributed by atoms with Gasteiger partial charge in [0.05, 0.1) is 16.6 Å². The van der Waals surface area contributed by atoms with Crippen molar-refractivity contribution in [3.63, 3.8) is 0 Å². The number of nitrogens with zero attached hydrogens (tertiary/aromatic N) is 2. The zero-order valence-corrected chi connectivity index (χ0v) is 30.4. The second kappa shape index (κ2) is 12.1. The van der Waals surface area contributed by atoms with Crippen LogP contribution < -0.4 is 4.90 Å². The third kappa shape index (κ3) is 4.59. The van der Waals surface area contributed by atoms with Crippen molar-refractivity contribution in [2.24, 2.45) is 0 Å². The summed E-state index contributed by atoms with van der Waals surface area (Å²) >= 11 is 0. The predicted octanol–water partition coefficient (Wildman–Crippen LogP) is 14.7. The van der Waals surface area contributed by atoms with Gasteiger partial charge < -0.3 is 18.3 Å². The van der Waals surface area contributed by atoms with Gasteiger partial charge in [-0.15, -0.1) is 0 Å². The van der Waals surface area contributed by atoms with E-state index in [1.54, 1.807) is 0 Å². The zero-order chi connectivity index (χ0) is 36.7. The Balaban J connectivity index is 1.10. The van der Waals surface area contributed by atoms with Gasteiger partial charge in [-0.2, -0.15) is 0 Å². The van der Waals surface area contributed by atoms with Crippen molar-refractivity contribution in [2.45, 2.75) is 12.8 Å². The lowest BCUT2D eigenvalue weighted by Gasteiger charge is -2.27. The van der Waals surface area contributed by atoms with Crippen molar-refractivity contribution in [1.82, 2.24) is 4.57 Å². The number of hydrogen-bond donors (Lipinski definition) is 0. The molecule has 1 aliphatic carbocycles. The van der Waals surface area contributed by atoms with E-state index in [9.17, 15) is 0 Å². The molecule has 4 nitrogen and oxygen atoms in total. The summed E-state index contributed by atoms with van der Waals surface area (Å²) in [5, 5.41) is 8.01. The molecular weight excluding hydrogens is 685 g/mol. The molecule has 12 rings (SSSR count). The van der Waals surface area contributed by atoms with Gasteiger partial charge in [-0.05, 0) is 96.1 Å². The van der Waals surface area contributed by atoms with Crippen LogP contribution in [0.1, 0.15) is 17.7 Å². The summed E-state index contributed by atoms with van der Waals surface area (Å²) in [6.45, 7) is 0. The Morgan fingerprint density at radius 2 is 1.25 bits per heavy atom. The summed E-state index contributed by atoms with van der Waals surface area (Å²) in [6, 6.07) is 60.7. The fourth-order valence-electron chi connectivity index (χ4n) is 9.21. The molecule has 0 saturated carbocycles. The molecule has 264 valence electrons. The highest BCUT2D eigenvalue weighted by molar-refractivity contribution is 6.19. The molecule has 0 bridgehead atoms. The van der Waals surface area contributed by atoms with Crippen LogP contribution in [0, 0.1) is 0 Å². The first-order valence-corrected chi connectivity index (χ1v) is 19.3. The maximum atomic E-state index is 6.62. The summed E-state index contributed by atoms with van der Waals surface area (Å²) in [7, 11) is 0. The van der Waals surface area contributed by atoms with Gasteiger partial charge in [0.1, 0.15) is 22.3 Å². The van der Waals surface area contributed by atoms with Gasteiger partial charge in [0, 0.05) is 55.3 Å². The largest absolute Gasteiger partial charge is 0.456 e. The minimum Gasteiger partial charge on any atom is -0.456 e. The molecule has 1 aliphatic rings. The average molecular weight is 719 g/mol. The molecule has 0 amide bonds. The average Bonchev–Trinajstić information content (AvgIpc) is 3.94. The Kier molecular flexibility index (Phi) is 6.72. The molecule has 0 unspecified atom stereocenters. The normalized spacial score (nSPS) is 12.8. The molecule has 0 spiro atoms. The van der Waals surface area contributed by atoms with E-state index in [4.69, 9.17) is 8.83 Å². The topological polar surface area (TPSA) is 34.5 Å². The van der Waals surface area contributed by atoms with E-state index < -0.39 is 0 Å². The number of para-hydroxylation sites is 2. The molecule has 0 aliphatic heterocycles. The summed E-state index contributed by atoms with van der Waals surface area (Å²) < 4.78 is 15.5. The van der Waals surface area contributed by atoms with Crippen LogP contribution in [0.2, 0.25) is 0 Å². The summed E-state index contributed by atoms with van der Waals surface area (Å²) in [6.07, 6.45) is 6.64. The van der Waals surface area contributed by atoms with E-state index in [2.05, 4.69) is 185 Å². The molecule has 0 atom stereocenters. The quantitative estimate of drug-likeness (QED) is 0.178. The monoisotopic (exact) mass is 718 g/mol. The second-order valence-electron chi connectivity index (χ2n) is 14.8. The molecule has 8 aromatic carbocycles. The predicted molar refractivity (Wildman–Crippen MR) is 233 cm³/mol. The van der Waals surface area contributed by atoms with E-state index in [0.717, 1.165) is 96.0 Å². The fourth-order valence-corrected chi connectivity index (χ4v) is 9.21. The molecule has 56 heavy (non-hydrogen) atoms. The first-order valence-electron chi connectivity index (χ1n) is 19.3. The lowest BCUT2D eigenvalue weighted by molar-refractivity contribution is 0.669. The number of allylic oxidation sites excluding steroid dienone is 1. The van der Waals surface area contributed by atoms with E-state index >= 15 is 0 Å². The third-order valence-electron chi connectivity index (χ3n) is 11.6.